The number of nitrogens with one attached hydrogen (secondary N) is 1. The second-order valence-corrected chi connectivity index (χ2v) is 7.86. The van der Waals surface area contributed by atoms with Crippen LogP contribution in [0.15, 0.2) is 23.1 Å². The zero-order chi connectivity index (χ0) is 14.8. The van der Waals surface area contributed by atoms with Gasteiger partial charge in [0, 0.05) is 16.7 Å². The molecule has 1 aromatic rings. The normalized spacial score (nSPS) is 16.9. The maximum Gasteiger partial charge on any atom is 0.261 e. The third-order valence-corrected chi connectivity index (χ3v) is 5.09. The predicted octanol–water partition coefficient (Wildman–Crippen LogP) is 3.33. The standard InChI is InChI=1S/C13H15Cl2NO3S/c14-12-7-6-10(20(15,18)19)8-11(12)13(17)16-9-4-2-1-3-5-9/h6-9H,1-5H2,(H,16,17). The molecule has 7 heteroatoms. The van der Waals surface area contributed by atoms with E-state index in [1.165, 1.54) is 24.6 Å². The summed E-state index contributed by atoms with van der Waals surface area (Å²) >= 11 is 5.96. The Morgan fingerprint density at radius 2 is 1.85 bits per heavy atom. The molecule has 0 bridgehead atoms. The Hall–Kier alpha value is -0.780. The second-order valence-electron chi connectivity index (χ2n) is 4.89. The third kappa shape index (κ3) is 3.87. The molecule has 0 radical (unpaired) electrons. The van der Waals surface area contributed by atoms with Crippen LogP contribution in [-0.4, -0.2) is 20.4 Å². The first-order valence-corrected chi connectivity index (χ1v) is 9.12. The van der Waals surface area contributed by atoms with Gasteiger partial charge in [-0.3, -0.25) is 4.79 Å². The topological polar surface area (TPSA) is 63.2 Å². The van der Waals surface area contributed by atoms with E-state index in [0.29, 0.717) is 0 Å². The van der Waals surface area contributed by atoms with E-state index in [4.69, 9.17) is 22.3 Å². The van der Waals surface area contributed by atoms with E-state index in [0.717, 1.165) is 25.7 Å². The molecular formula is C13H15Cl2NO3S. The molecule has 0 spiro atoms. The lowest BCUT2D eigenvalue weighted by atomic mass is 9.95. The van der Waals surface area contributed by atoms with Crippen molar-refractivity contribution in [3.63, 3.8) is 0 Å². The zero-order valence-corrected chi connectivity index (χ0v) is 13.1. The smallest absolute Gasteiger partial charge is 0.261 e. The van der Waals surface area contributed by atoms with Crippen molar-refractivity contribution >= 4 is 37.2 Å². The van der Waals surface area contributed by atoms with Crippen molar-refractivity contribution in [1.82, 2.24) is 5.32 Å². The van der Waals surface area contributed by atoms with Crippen molar-refractivity contribution in [1.29, 1.82) is 0 Å². The summed E-state index contributed by atoms with van der Waals surface area (Å²) in [7, 11) is 1.40. The van der Waals surface area contributed by atoms with Crippen LogP contribution in [0, 0.1) is 0 Å². The van der Waals surface area contributed by atoms with Gasteiger partial charge in [0.1, 0.15) is 0 Å². The van der Waals surface area contributed by atoms with Crippen LogP contribution in [0.1, 0.15) is 42.5 Å². The van der Waals surface area contributed by atoms with E-state index >= 15 is 0 Å². The van der Waals surface area contributed by atoms with Crippen molar-refractivity contribution < 1.29 is 13.2 Å². The number of hydrogen-bond donors (Lipinski definition) is 1. The first kappa shape index (κ1) is 15.6. The minimum atomic E-state index is -3.88. The molecule has 1 aliphatic rings. The molecule has 0 atom stereocenters. The maximum absolute atomic E-state index is 12.2. The average molecular weight is 336 g/mol. The summed E-state index contributed by atoms with van der Waals surface area (Å²) in [6.07, 6.45) is 5.25. The molecule has 0 aromatic heterocycles. The van der Waals surface area contributed by atoms with Crippen LogP contribution < -0.4 is 5.32 Å². The Labute approximate surface area is 127 Å². The van der Waals surface area contributed by atoms with Gasteiger partial charge in [-0.1, -0.05) is 30.9 Å². The summed E-state index contributed by atoms with van der Waals surface area (Å²) in [6, 6.07) is 3.99. The summed E-state index contributed by atoms with van der Waals surface area (Å²) in [4.78, 5) is 12.1. The van der Waals surface area contributed by atoms with Crippen LogP contribution in [0.25, 0.3) is 0 Å². The number of amides is 1. The molecule has 1 N–H and O–H groups in total. The average Bonchev–Trinajstić information content (AvgIpc) is 2.39. The minimum Gasteiger partial charge on any atom is -0.349 e. The first-order chi connectivity index (χ1) is 9.38. The number of hydrogen-bond acceptors (Lipinski definition) is 3. The molecule has 4 nitrogen and oxygen atoms in total. The second kappa shape index (κ2) is 6.33. The molecule has 1 saturated carbocycles. The van der Waals surface area contributed by atoms with Gasteiger partial charge in [-0.15, -0.1) is 0 Å². The van der Waals surface area contributed by atoms with Crippen molar-refractivity contribution in [3.8, 4) is 0 Å². The van der Waals surface area contributed by atoms with E-state index in [2.05, 4.69) is 5.32 Å². The quantitative estimate of drug-likeness (QED) is 0.861. The van der Waals surface area contributed by atoms with Crippen LogP contribution >= 0.6 is 22.3 Å². The molecule has 110 valence electrons. The number of carbonyl (C=O) groups excluding carboxylic acids is 1. The van der Waals surface area contributed by atoms with Gasteiger partial charge < -0.3 is 5.32 Å². The molecule has 0 aliphatic heterocycles. The van der Waals surface area contributed by atoms with Crippen molar-refractivity contribution in [2.24, 2.45) is 0 Å². The lowest BCUT2D eigenvalue weighted by molar-refractivity contribution is 0.0927. The lowest BCUT2D eigenvalue weighted by Crippen LogP contribution is -2.36. The van der Waals surface area contributed by atoms with Crippen LogP contribution in [-0.2, 0) is 9.05 Å². The fourth-order valence-corrected chi connectivity index (χ4v) is 3.32. The fourth-order valence-electron chi connectivity index (χ4n) is 2.34. The Bertz CT molecular complexity index is 610. The highest BCUT2D eigenvalue weighted by Crippen LogP contribution is 2.24. The summed E-state index contributed by atoms with van der Waals surface area (Å²) in [5.41, 5.74) is 0.138. The molecule has 2 rings (SSSR count). The van der Waals surface area contributed by atoms with Crippen LogP contribution in [0.4, 0.5) is 0 Å². The van der Waals surface area contributed by atoms with E-state index in [9.17, 15) is 13.2 Å². The highest BCUT2D eigenvalue weighted by atomic mass is 35.7. The molecule has 1 amide bonds. The first-order valence-electron chi connectivity index (χ1n) is 6.43. The van der Waals surface area contributed by atoms with E-state index < -0.39 is 9.05 Å². The van der Waals surface area contributed by atoms with Crippen LogP contribution in [0.2, 0.25) is 5.02 Å². The van der Waals surface area contributed by atoms with Gasteiger partial charge in [-0.05, 0) is 31.0 Å². The van der Waals surface area contributed by atoms with Gasteiger partial charge in [-0.2, -0.15) is 0 Å². The lowest BCUT2D eigenvalue weighted by Gasteiger charge is -2.23. The fraction of sp³-hybridized carbons (Fsp3) is 0.462. The van der Waals surface area contributed by atoms with Crippen LogP contribution in [0.5, 0.6) is 0 Å². The Morgan fingerprint density at radius 3 is 2.45 bits per heavy atom. The Morgan fingerprint density at radius 1 is 1.20 bits per heavy atom. The minimum absolute atomic E-state index is 0.127. The highest BCUT2D eigenvalue weighted by Gasteiger charge is 2.20. The third-order valence-electron chi connectivity index (χ3n) is 3.40. The Balaban J connectivity index is 2.20. The summed E-state index contributed by atoms with van der Waals surface area (Å²) < 4.78 is 22.6. The van der Waals surface area contributed by atoms with Gasteiger partial charge >= 0.3 is 0 Å². The summed E-state index contributed by atoms with van der Waals surface area (Å²) in [6.45, 7) is 0. The molecule has 0 unspecified atom stereocenters. The molecule has 1 aromatic carbocycles. The van der Waals surface area contributed by atoms with Crippen molar-refractivity contribution in [2.75, 3.05) is 0 Å². The number of rotatable bonds is 3. The number of halogens is 2. The molecule has 1 aliphatic carbocycles. The Kier molecular flexibility index (Phi) is 4.94. The number of benzene rings is 1. The van der Waals surface area contributed by atoms with E-state index in [1.807, 2.05) is 0 Å². The molecule has 0 saturated heterocycles. The van der Waals surface area contributed by atoms with Crippen molar-refractivity contribution in [3.05, 3.63) is 28.8 Å². The maximum atomic E-state index is 12.2. The molecular weight excluding hydrogens is 321 g/mol. The van der Waals surface area contributed by atoms with E-state index in [1.54, 1.807) is 0 Å². The van der Waals surface area contributed by atoms with Crippen molar-refractivity contribution in [2.45, 2.75) is 43.0 Å². The summed E-state index contributed by atoms with van der Waals surface area (Å²) in [5.74, 6) is -0.357. The highest BCUT2D eigenvalue weighted by molar-refractivity contribution is 8.13. The zero-order valence-electron chi connectivity index (χ0n) is 10.7. The predicted molar refractivity (Wildman–Crippen MR) is 78.8 cm³/mol. The van der Waals surface area contributed by atoms with Gasteiger partial charge in [0.05, 0.1) is 15.5 Å². The molecule has 0 heterocycles. The van der Waals surface area contributed by atoms with Gasteiger partial charge in [0.25, 0.3) is 15.0 Å². The van der Waals surface area contributed by atoms with Gasteiger partial charge in [0.2, 0.25) is 0 Å². The van der Waals surface area contributed by atoms with Crippen LogP contribution in [0.3, 0.4) is 0 Å². The molecule has 20 heavy (non-hydrogen) atoms. The van der Waals surface area contributed by atoms with E-state index in [-0.39, 0.29) is 27.4 Å². The van der Waals surface area contributed by atoms with Gasteiger partial charge in [0.15, 0.2) is 0 Å². The number of carbonyl (C=O) groups is 1. The summed E-state index contributed by atoms with van der Waals surface area (Å²) in [5, 5.41) is 3.10. The SMILES string of the molecule is O=C(NC1CCCCC1)c1cc(S(=O)(=O)Cl)ccc1Cl. The monoisotopic (exact) mass is 335 g/mol. The largest absolute Gasteiger partial charge is 0.349 e. The molecule has 1 fully saturated rings. The van der Waals surface area contributed by atoms with Gasteiger partial charge in [-0.25, -0.2) is 8.42 Å².